The van der Waals surface area contributed by atoms with Crippen LogP contribution in [0.3, 0.4) is 0 Å². The van der Waals surface area contributed by atoms with E-state index in [-0.39, 0.29) is 0 Å². The number of nitrogens with zero attached hydrogens (tertiary/aromatic N) is 2. The van der Waals surface area contributed by atoms with E-state index >= 15 is 0 Å². The van der Waals surface area contributed by atoms with Crippen LogP contribution in [-0.4, -0.2) is 9.97 Å². The SMILES string of the molecule is Cc1cc2c(cc1C)Nc1cc3nc4cc(C)c(C)cc4nc3cc1N2. The normalized spacial score (nSPS) is 12.5. The zero-order valence-electron chi connectivity index (χ0n) is 15.4. The molecule has 1 aliphatic rings. The molecule has 0 bridgehead atoms. The minimum absolute atomic E-state index is 0.904. The molecule has 0 atom stereocenters. The van der Waals surface area contributed by atoms with Gasteiger partial charge in [-0.05, 0) is 86.3 Å². The lowest BCUT2D eigenvalue weighted by molar-refractivity contribution is 1.30. The molecule has 0 saturated heterocycles. The monoisotopic (exact) mass is 340 g/mol. The number of benzene rings is 3. The lowest BCUT2D eigenvalue weighted by Crippen LogP contribution is -2.07. The van der Waals surface area contributed by atoms with Crippen molar-refractivity contribution < 1.29 is 0 Å². The number of nitrogens with one attached hydrogen (secondary N) is 2. The third-order valence-corrected chi connectivity index (χ3v) is 5.36. The van der Waals surface area contributed by atoms with Crippen LogP contribution in [0.25, 0.3) is 22.1 Å². The summed E-state index contributed by atoms with van der Waals surface area (Å²) in [6.45, 7) is 8.49. The fourth-order valence-electron chi connectivity index (χ4n) is 3.50. The first-order valence-corrected chi connectivity index (χ1v) is 8.86. The molecule has 4 aromatic rings. The van der Waals surface area contributed by atoms with Crippen molar-refractivity contribution in [2.24, 2.45) is 0 Å². The Morgan fingerprint density at radius 3 is 1.19 bits per heavy atom. The molecule has 4 heteroatoms. The Balaban J connectivity index is 1.70. The summed E-state index contributed by atoms with van der Waals surface area (Å²) in [7, 11) is 0. The quantitative estimate of drug-likeness (QED) is 0.349. The van der Waals surface area contributed by atoms with E-state index in [0.29, 0.717) is 0 Å². The minimum atomic E-state index is 0.904. The van der Waals surface area contributed by atoms with Crippen LogP contribution in [0.1, 0.15) is 22.3 Å². The number of rotatable bonds is 0. The predicted molar refractivity (Wildman–Crippen MR) is 109 cm³/mol. The van der Waals surface area contributed by atoms with Crippen LogP contribution < -0.4 is 10.6 Å². The molecule has 1 aromatic heterocycles. The number of hydrogen-bond donors (Lipinski definition) is 2. The van der Waals surface area contributed by atoms with Gasteiger partial charge < -0.3 is 10.6 Å². The van der Waals surface area contributed by atoms with E-state index in [1.165, 1.54) is 22.3 Å². The summed E-state index contributed by atoms with van der Waals surface area (Å²) in [6, 6.07) is 12.8. The third kappa shape index (κ3) is 2.22. The Bertz CT molecular complexity index is 1130. The summed E-state index contributed by atoms with van der Waals surface area (Å²) in [5.41, 5.74) is 13.0. The molecule has 1 aliphatic heterocycles. The van der Waals surface area contributed by atoms with Crippen molar-refractivity contribution in [3.63, 3.8) is 0 Å². The van der Waals surface area contributed by atoms with Gasteiger partial charge in [0.05, 0.1) is 44.8 Å². The maximum Gasteiger partial charge on any atom is 0.0916 e. The van der Waals surface area contributed by atoms with Gasteiger partial charge >= 0.3 is 0 Å². The van der Waals surface area contributed by atoms with Gasteiger partial charge in [0.15, 0.2) is 0 Å². The Kier molecular flexibility index (Phi) is 3.02. The molecular formula is C22H20N4. The standard InChI is InChI=1S/C22H20N4/c1-11-5-15-16(6-12(11)2)24-20-10-22-21(9-19(20)23-15)25-17-7-13(3)14(4)8-18(17)26-22/h5-10,23-24H,1-4H3. The second kappa shape index (κ2) is 5.18. The van der Waals surface area contributed by atoms with E-state index in [4.69, 9.17) is 9.97 Å². The van der Waals surface area contributed by atoms with Gasteiger partial charge in [-0.2, -0.15) is 0 Å². The molecule has 26 heavy (non-hydrogen) atoms. The molecule has 0 spiro atoms. The second-order valence-corrected chi connectivity index (χ2v) is 7.27. The maximum atomic E-state index is 4.85. The minimum Gasteiger partial charge on any atom is -0.352 e. The fourth-order valence-corrected chi connectivity index (χ4v) is 3.50. The Hall–Kier alpha value is -3.14. The third-order valence-electron chi connectivity index (χ3n) is 5.36. The number of anilines is 4. The van der Waals surface area contributed by atoms with E-state index in [1.807, 2.05) is 0 Å². The van der Waals surface area contributed by atoms with Crippen molar-refractivity contribution in [3.8, 4) is 0 Å². The van der Waals surface area contributed by atoms with Crippen molar-refractivity contribution in [1.29, 1.82) is 0 Å². The van der Waals surface area contributed by atoms with E-state index in [0.717, 1.165) is 44.8 Å². The smallest absolute Gasteiger partial charge is 0.0916 e. The molecule has 4 nitrogen and oxygen atoms in total. The molecule has 2 heterocycles. The second-order valence-electron chi connectivity index (χ2n) is 7.27. The van der Waals surface area contributed by atoms with Gasteiger partial charge in [0.2, 0.25) is 0 Å². The van der Waals surface area contributed by atoms with E-state index in [9.17, 15) is 0 Å². The zero-order valence-corrected chi connectivity index (χ0v) is 15.4. The zero-order chi connectivity index (χ0) is 18.0. The van der Waals surface area contributed by atoms with Gasteiger partial charge in [0.25, 0.3) is 0 Å². The first kappa shape index (κ1) is 15.1. The van der Waals surface area contributed by atoms with E-state index < -0.39 is 0 Å². The summed E-state index contributed by atoms with van der Waals surface area (Å²) in [5.74, 6) is 0. The summed E-state index contributed by atoms with van der Waals surface area (Å²) >= 11 is 0. The first-order chi connectivity index (χ1) is 12.5. The highest BCUT2D eigenvalue weighted by Crippen LogP contribution is 2.41. The van der Waals surface area contributed by atoms with Gasteiger partial charge in [-0.3, -0.25) is 0 Å². The molecule has 0 saturated carbocycles. The van der Waals surface area contributed by atoms with Crippen LogP contribution in [0.15, 0.2) is 36.4 Å². The Morgan fingerprint density at radius 1 is 0.462 bits per heavy atom. The topological polar surface area (TPSA) is 49.8 Å². The molecule has 0 aliphatic carbocycles. The van der Waals surface area contributed by atoms with Crippen molar-refractivity contribution in [2.75, 3.05) is 10.6 Å². The molecule has 128 valence electrons. The molecule has 0 radical (unpaired) electrons. The van der Waals surface area contributed by atoms with Crippen molar-refractivity contribution >= 4 is 44.8 Å². The summed E-state index contributed by atoms with van der Waals surface area (Å²) in [6.07, 6.45) is 0. The largest absolute Gasteiger partial charge is 0.352 e. The van der Waals surface area contributed by atoms with Crippen LogP contribution >= 0.6 is 0 Å². The highest BCUT2D eigenvalue weighted by Gasteiger charge is 2.17. The van der Waals surface area contributed by atoms with Gasteiger partial charge in [-0.1, -0.05) is 0 Å². The fraction of sp³-hybridized carbons (Fsp3) is 0.182. The summed E-state index contributed by atoms with van der Waals surface area (Å²) in [5, 5.41) is 7.08. The van der Waals surface area contributed by atoms with Crippen LogP contribution in [0.5, 0.6) is 0 Å². The lowest BCUT2D eigenvalue weighted by atomic mass is 10.0. The van der Waals surface area contributed by atoms with Gasteiger partial charge in [-0.15, -0.1) is 0 Å². The Morgan fingerprint density at radius 2 is 0.769 bits per heavy atom. The van der Waals surface area contributed by atoms with Gasteiger partial charge in [0, 0.05) is 0 Å². The van der Waals surface area contributed by atoms with Crippen molar-refractivity contribution in [1.82, 2.24) is 9.97 Å². The Labute approximate surface area is 152 Å². The number of hydrogen-bond acceptors (Lipinski definition) is 4. The average molecular weight is 340 g/mol. The van der Waals surface area contributed by atoms with Gasteiger partial charge in [0.1, 0.15) is 0 Å². The van der Waals surface area contributed by atoms with Crippen molar-refractivity contribution in [2.45, 2.75) is 27.7 Å². The van der Waals surface area contributed by atoms with Gasteiger partial charge in [-0.25, -0.2) is 9.97 Å². The van der Waals surface area contributed by atoms with E-state index in [2.05, 4.69) is 74.7 Å². The highest BCUT2D eigenvalue weighted by molar-refractivity contribution is 5.98. The summed E-state index contributed by atoms with van der Waals surface area (Å²) < 4.78 is 0. The summed E-state index contributed by atoms with van der Waals surface area (Å²) in [4.78, 5) is 9.69. The van der Waals surface area contributed by atoms with Crippen LogP contribution in [0.4, 0.5) is 22.7 Å². The van der Waals surface area contributed by atoms with E-state index in [1.54, 1.807) is 0 Å². The molecule has 2 N–H and O–H groups in total. The number of aryl methyl sites for hydroxylation is 4. The predicted octanol–water partition coefficient (Wildman–Crippen LogP) is 5.82. The van der Waals surface area contributed by atoms with Crippen LogP contribution in [0.2, 0.25) is 0 Å². The molecule has 5 rings (SSSR count). The molecule has 0 amide bonds. The van der Waals surface area contributed by atoms with Crippen LogP contribution in [0, 0.1) is 27.7 Å². The molecule has 0 fully saturated rings. The molecule has 0 unspecified atom stereocenters. The van der Waals surface area contributed by atoms with Crippen LogP contribution in [-0.2, 0) is 0 Å². The number of fused-ring (bicyclic) bond motifs is 4. The average Bonchev–Trinajstić information content (AvgIpc) is 2.59. The highest BCUT2D eigenvalue weighted by atomic mass is 15.0. The first-order valence-electron chi connectivity index (χ1n) is 8.86. The molecular weight excluding hydrogens is 320 g/mol. The maximum absolute atomic E-state index is 4.85. The lowest BCUT2D eigenvalue weighted by Gasteiger charge is -2.24. The number of aromatic nitrogens is 2. The molecule has 3 aromatic carbocycles. The van der Waals surface area contributed by atoms with Crippen molar-refractivity contribution in [3.05, 3.63) is 58.7 Å².